The summed E-state index contributed by atoms with van der Waals surface area (Å²) < 4.78 is 58.8. The summed E-state index contributed by atoms with van der Waals surface area (Å²) in [5.41, 5.74) is 43.5. The van der Waals surface area contributed by atoms with E-state index in [1.54, 1.807) is 6.07 Å². The van der Waals surface area contributed by atoms with Crippen LogP contribution in [0.3, 0.4) is 0 Å². The molecule has 0 amide bonds. The van der Waals surface area contributed by atoms with E-state index in [1.807, 2.05) is 87.5 Å². The first-order valence-electron chi connectivity index (χ1n) is 38.8. The van der Waals surface area contributed by atoms with Crippen molar-refractivity contribution in [2.24, 2.45) is 42.3 Å². The third-order valence-corrected chi connectivity index (χ3v) is 21.8. The van der Waals surface area contributed by atoms with E-state index in [0.717, 1.165) is 44.9 Å². The Hall–Kier alpha value is -9.78. The number of pyridine rings is 6. The molecule has 0 radical (unpaired) electrons. The third-order valence-electron chi connectivity index (χ3n) is 21.8. The topological polar surface area (TPSA) is 23.3 Å². The summed E-state index contributed by atoms with van der Waals surface area (Å²) in [6.45, 7) is 42.7. The van der Waals surface area contributed by atoms with Crippen molar-refractivity contribution in [1.82, 2.24) is 0 Å². The monoisotopic (exact) mass is 1360 g/mol. The molecule has 6 nitrogen and oxygen atoms in total. The molecular formula is C96H120N6+6. The highest BCUT2D eigenvalue weighted by molar-refractivity contribution is 5.69. The largest absolute Gasteiger partial charge is 0.213 e. The Kier molecular flexibility index (Phi) is 24.1. The summed E-state index contributed by atoms with van der Waals surface area (Å²) in [4.78, 5) is 0. The van der Waals surface area contributed by atoms with Crippen molar-refractivity contribution in [2.45, 2.75) is 166 Å². The van der Waals surface area contributed by atoms with Gasteiger partial charge in [0.1, 0.15) is 42.3 Å². The van der Waals surface area contributed by atoms with Gasteiger partial charge in [-0.1, -0.05) is 47.5 Å². The molecule has 0 bridgehead atoms. The standard InChI is InChI=1S/2C18H24N.4C15H18N/c2*1-11-8-9-17(15(5)13(11)3)18-10-12(2)14(4)16(6)19(18)7;2*1-11-8-9-14(13(3)12(11)2)15-7-5-6-10-16(15)4;2*1-11-9-12(2)13(3)14(10-11)15-7-5-6-8-16(15)4/h2*8-10H,1-7H3;4*5-10H,1-4H3/q6*+1/i4D3;;1D3;;;. The second kappa shape index (κ2) is 34.7. The zero-order chi connectivity index (χ0) is 80.5. The van der Waals surface area contributed by atoms with Crippen LogP contribution in [0, 0.1) is 166 Å². The van der Waals surface area contributed by atoms with E-state index in [4.69, 9.17) is 8.22 Å². The third kappa shape index (κ3) is 18.3. The fourth-order valence-corrected chi connectivity index (χ4v) is 13.3. The summed E-state index contributed by atoms with van der Waals surface area (Å²) in [5.74, 6) is 0. The summed E-state index contributed by atoms with van der Waals surface area (Å²) in [6.07, 6.45) is 8.25. The predicted molar refractivity (Wildman–Crippen MR) is 432 cm³/mol. The first kappa shape index (κ1) is 70.6. The van der Waals surface area contributed by atoms with Crippen LogP contribution in [-0.4, -0.2) is 0 Å². The van der Waals surface area contributed by atoms with Crippen molar-refractivity contribution in [3.8, 4) is 67.5 Å². The number of hydrogen-bond donors (Lipinski definition) is 0. The van der Waals surface area contributed by atoms with Crippen LogP contribution in [-0.2, 0) is 42.3 Å². The molecule has 0 aliphatic carbocycles. The van der Waals surface area contributed by atoms with Crippen molar-refractivity contribution in [3.63, 3.8) is 0 Å². The number of nitrogens with zero attached hydrogens (tertiary/aromatic N) is 6. The SMILES string of the molecule is Cc1cc(C)c(C)c(-c2cccc[n+]2C)c1.Cc1cc(C)c(C)c(-c2cccc[n+]2C)c1.Cc1ccc(-c2cc(C)c(C)c(C)[n+]2C)c(C)c1C.Cc1ccc(-c2cccc[n+]2C)c(C)c1C.[2H]C([2H])([2H])c1c(C)cc(-c2ccc(C)c(C)c2C)[n+](C)c1C.[2H]C([2H])([2H])c1ccc(-c2cccc[n+]2C)c(C)c1C. The normalized spacial score (nSPS) is 11.8. The summed E-state index contributed by atoms with van der Waals surface area (Å²) >= 11 is 0. The van der Waals surface area contributed by atoms with Gasteiger partial charge in [0.05, 0.1) is 0 Å². The molecule has 0 unspecified atom stereocenters. The summed E-state index contributed by atoms with van der Waals surface area (Å²) in [5, 5.41) is 0. The molecule has 0 aliphatic heterocycles. The Morgan fingerprint density at radius 2 is 0.471 bits per heavy atom. The molecule has 6 heterocycles. The van der Waals surface area contributed by atoms with Crippen molar-refractivity contribution in [1.29, 1.82) is 0 Å². The van der Waals surface area contributed by atoms with Gasteiger partial charge in [-0.2, -0.15) is 9.13 Å². The molecule has 0 N–H and O–H groups in total. The van der Waals surface area contributed by atoms with Crippen molar-refractivity contribution >= 4 is 0 Å². The Morgan fingerprint density at radius 1 is 0.206 bits per heavy atom. The van der Waals surface area contributed by atoms with Crippen molar-refractivity contribution in [3.05, 3.63) is 316 Å². The van der Waals surface area contributed by atoms with Gasteiger partial charge in [-0.05, 0) is 313 Å². The molecule has 0 saturated carbocycles. The highest BCUT2D eigenvalue weighted by Gasteiger charge is 2.23. The van der Waals surface area contributed by atoms with E-state index in [1.165, 1.54) is 145 Å². The second-order valence-electron chi connectivity index (χ2n) is 28.5. The minimum absolute atomic E-state index is 0.437. The minimum Gasteiger partial charge on any atom is -0.201 e. The fraction of sp³-hybridized carbons (Fsp3) is 0.312. The van der Waals surface area contributed by atoms with Crippen LogP contribution < -0.4 is 27.4 Å². The smallest absolute Gasteiger partial charge is 0.201 e. The molecule has 0 aliphatic rings. The van der Waals surface area contributed by atoms with Crippen LogP contribution in [0.2, 0.25) is 0 Å². The molecule has 0 spiro atoms. The maximum atomic E-state index is 7.75. The lowest BCUT2D eigenvalue weighted by molar-refractivity contribution is -0.667. The molecule has 6 heteroatoms. The van der Waals surface area contributed by atoms with Gasteiger partial charge in [0, 0.05) is 127 Å². The Labute approximate surface area is 624 Å². The van der Waals surface area contributed by atoms with Gasteiger partial charge in [0.2, 0.25) is 34.2 Å². The van der Waals surface area contributed by atoms with Crippen LogP contribution in [0.4, 0.5) is 0 Å². The van der Waals surface area contributed by atoms with E-state index >= 15 is 0 Å². The van der Waals surface area contributed by atoms with E-state index < -0.39 is 13.7 Å². The molecular weight excluding hydrogens is 1240 g/mol. The molecule has 102 heavy (non-hydrogen) atoms. The van der Waals surface area contributed by atoms with Crippen LogP contribution in [0.25, 0.3) is 67.5 Å². The molecule has 528 valence electrons. The Balaban J connectivity index is 0.000000181. The average molecular weight is 1360 g/mol. The molecule has 12 aromatic rings. The minimum atomic E-state index is -2.08. The lowest BCUT2D eigenvalue weighted by Gasteiger charge is -2.12. The van der Waals surface area contributed by atoms with Crippen LogP contribution >= 0.6 is 0 Å². The highest BCUT2D eigenvalue weighted by atomic mass is 15.0. The van der Waals surface area contributed by atoms with Crippen molar-refractivity contribution < 1.29 is 35.6 Å². The van der Waals surface area contributed by atoms with Gasteiger partial charge in [-0.25, -0.2) is 18.3 Å². The first-order valence-corrected chi connectivity index (χ1v) is 35.8. The maximum absolute atomic E-state index is 7.75. The zero-order valence-electron chi connectivity index (χ0n) is 73.0. The maximum Gasteiger partial charge on any atom is 0.213 e. The molecule has 0 atom stereocenters. The summed E-state index contributed by atoms with van der Waals surface area (Å²) in [6, 6.07) is 55.0. The molecule has 6 aromatic heterocycles. The molecule has 12 rings (SSSR count). The highest BCUT2D eigenvalue weighted by Crippen LogP contribution is 2.32. The molecule has 0 saturated heterocycles. The van der Waals surface area contributed by atoms with Gasteiger partial charge in [0.15, 0.2) is 36.2 Å². The second-order valence-corrected chi connectivity index (χ2v) is 28.5. The van der Waals surface area contributed by atoms with Crippen molar-refractivity contribution in [2.75, 3.05) is 0 Å². The van der Waals surface area contributed by atoms with Gasteiger partial charge in [-0.15, -0.1) is 0 Å². The lowest BCUT2D eigenvalue weighted by Crippen LogP contribution is -2.36. The number of hydrogen-bond acceptors (Lipinski definition) is 0. The quantitative estimate of drug-likeness (QED) is 0.148. The van der Waals surface area contributed by atoms with E-state index in [0.29, 0.717) is 11.1 Å². The number of aromatic nitrogens is 6. The number of rotatable bonds is 6. The number of aryl methyl sites for hydroxylation is 14. The predicted octanol–water partition coefficient (Wildman–Crippen LogP) is 20.5. The summed E-state index contributed by atoms with van der Waals surface area (Å²) in [7, 11) is 12.4. The van der Waals surface area contributed by atoms with E-state index in [9.17, 15) is 0 Å². The van der Waals surface area contributed by atoms with Gasteiger partial charge >= 0.3 is 0 Å². The first-order chi connectivity index (χ1) is 50.5. The van der Waals surface area contributed by atoms with Crippen LogP contribution in [0.15, 0.2) is 183 Å². The van der Waals surface area contributed by atoms with Crippen LogP contribution in [0.5, 0.6) is 0 Å². The van der Waals surface area contributed by atoms with Gasteiger partial charge in [-0.3, -0.25) is 0 Å². The molecule has 0 fully saturated rings. The van der Waals surface area contributed by atoms with Crippen LogP contribution in [0.1, 0.15) is 142 Å². The average Bonchev–Trinajstić information content (AvgIpc) is 0.775. The lowest BCUT2D eigenvalue weighted by atomic mass is 9.95. The van der Waals surface area contributed by atoms with E-state index in [2.05, 4.69) is 311 Å². The fourth-order valence-electron chi connectivity index (χ4n) is 13.3. The number of benzene rings is 6. The van der Waals surface area contributed by atoms with Gasteiger partial charge in [0.25, 0.3) is 0 Å². The Bertz CT molecular complexity index is 5190. The Morgan fingerprint density at radius 3 is 0.775 bits per heavy atom. The zero-order valence-corrected chi connectivity index (χ0v) is 67.0. The van der Waals surface area contributed by atoms with E-state index in [-0.39, 0.29) is 0 Å². The van der Waals surface area contributed by atoms with Gasteiger partial charge < -0.3 is 0 Å². The molecule has 6 aromatic carbocycles.